The lowest BCUT2D eigenvalue weighted by atomic mass is 10.1. The largest absolute Gasteiger partial charge is 0.489 e. The molecule has 6 heteroatoms. The maximum absolute atomic E-state index is 12.3. The molecule has 5 nitrogen and oxygen atoms in total. The zero-order chi connectivity index (χ0) is 17.6. The highest BCUT2D eigenvalue weighted by atomic mass is 35.5. The number of rotatable bonds is 5. The van der Waals surface area contributed by atoms with Crippen LogP contribution < -0.4 is 14.8 Å². The first kappa shape index (κ1) is 17.6. The first-order chi connectivity index (χ1) is 12.2. The van der Waals surface area contributed by atoms with Crippen LogP contribution in [0.3, 0.4) is 0 Å². The van der Waals surface area contributed by atoms with Gasteiger partial charge in [-0.3, -0.25) is 4.79 Å². The van der Waals surface area contributed by atoms with E-state index in [4.69, 9.17) is 25.8 Å². The van der Waals surface area contributed by atoms with Crippen LogP contribution in [0.25, 0.3) is 0 Å². The van der Waals surface area contributed by atoms with Crippen LogP contribution in [0, 0.1) is 0 Å². The molecule has 3 rings (SSSR count). The van der Waals surface area contributed by atoms with E-state index in [0.29, 0.717) is 36.3 Å². The van der Waals surface area contributed by atoms with Crippen LogP contribution in [0.15, 0.2) is 36.4 Å². The third-order valence-corrected chi connectivity index (χ3v) is 4.03. The van der Waals surface area contributed by atoms with Gasteiger partial charge in [0.2, 0.25) is 5.91 Å². The van der Waals surface area contributed by atoms with Gasteiger partial charge < -0.3 is 19.5 Å². The summed E-state index contributed by atoms with van der Waals surface area (Å²) in [6.45, 7) is 1.65. The fourth-order valence-electron chi connectivity index (χ4n) is 2.68. The number of fused-ring (bicyclic) bond motifs is 1. The van der Waals surface area contributed by atoms with Gasteiger partial charge in [-0.15, -0.1) is 0 Å². The Bertz CT molecular complexity index is 763. The number of halogens is 1. The second-order valence-corrected chi connectivity index (χ2v) is 6.22. The lowest BCUT2D eigenvalue weighted by molar-refractivity contribution is -0.115. The van der Waals surface area contributed by atoms with Gasteiger partial charge in [-0.1, -0.05) is 23.7 Å². The summed E-state index contributed by atoms with van der Waals surface area (Å²) >= 11 is 6.27. The number of nitrogens with one attached hydrogen (secondary N) is 1. The quantitative estimate of drug-likeness (QED) is 0.879. The Hall–Kier alpha value is -2.24. The topological polar surface area (TPSA) is 56.8 Å². The summed E-state index contributed by atoms with van der Waals surface area (Å²) in [7, 11) is 1.64. The van der Waals surface area contributed by atoms with Crippen LogP contribution in [-0.2, 0) is 22.6 Å². The average molecular weight is 362 g/mol. The highest BCUT2D eigenvalue weighted by molar-refractivity contribution is 6.32. The lowest BCUT2D eigenvalue weighted by Gasteiger charge is -2.12. The van der Waals surface area contributed by atoms with Gasteiger partial charge in [-0.25, -0.2) is 0 Å². The van der Waals surface area contributed by atoms with E-state index >= 15 is 0 Å². The average Bonchev–Trinajstić information content (AvgIpc) is 2.81. The van der Waals surface area contributed by atoms with E-state index in [1.165, 1.54) is 0 Å². The molecule has 1 heterocycles. The summed E-state index contributed by atoms with van der Waals surface area (Å²) < 4.78 is 16.4. The van der Waals surface area contributed by atoms with E-state index in [1.54, 1.807) is 13.2 Å². The van der Waals surface area contributed by atoms with Gasteiger partial charge in [-0.2, -0.15) is 0 Å². The standard InChI is InChI=1S/C19H20ClNO4/c1-23-12-13-4-2-5-15(8-13)21-18(22)11-14-9-16(20)19-17(10-14)24-6-3-7-25-19/h2,4-5,8-10H,3,6-7,11-12H2,1H3,(H,21,22). The Balaban J connectivity index is 1.70. The summed E-state index contributed by atoms with van der Waals surface area (Å²) in [6.07, 6.45) is 1.00. The number of anilines is 1. The highest BCUT2D eigenvalue weighted by Gasteiger charge is 2.17. The smallest absolute Gasteiger partial charge is 0.228 e. The van der Waals surface area contributed by atoms with Crippen LogP contribution in [0.4, 0.5) is 5.69 Å². The molecule has 0 saturated heterocycles. The van der Waals surface area contributed by atoms with Gasteiger partial charge in [-0.05, 0) is 35.4 Å². The summed E-state index contributed by atoms with van der Waals surface area (Å²) in [4.78, 5) is 12.3. The number of hydrogen-bond acceptors (Lipinski definition) is 4. The molecule has 25 heavy (non-hydrogen) atoms. The minimum atomic E-state index is -0.125. The van der Waals surface area contributed by atoms with E-state index in [0.717, 1.165) is 23.2 Å². The second-order valence-electron chi connectivity index (χ2n) is 5.81. The van der Waals surface area contributed by atoms with Gasteiger partial charge in [0.1, 0.15) is 0 Å². The second kappa shape index (κ2) is 8.23. The molecule has 0 aromatic heterocycles. The number of carbonyl (C=O) groups excluding carboxylic acids is 1. The molecule has 0 atom stereocenters. The third kappa shape index (κ3) is 4.65. The van der Waals surface area contributed by atoms with Crippen molar-refractivity contribution in [3.63, 3.8) is 0 Å². The van der Waals surface area contributed by atoms with Crippen molar-refractivity contribution in [2.24, 2.45) is 0 Å². The maximum atomic E-state index is 12.3. The van der Waals surface area contributed by atoms with Crippen molar-refractivity contribution in [1.29, 1.82) is 0 Å². The molecule has 0 aliphatic carbocycles. The first-order valence-corrected chi connectivity index (χ1v) is 8.49. The van der Waals surface area contributed by atoms with Crippen molar-refractivity contribution in [1.82, 2.24) is 0 Å². The van der Waals surface area contributed by atoms with Crippen molar-refractivity contribution >= 4 is 23.2 Å². The molecule has 132 valence electrons. The number of ether oxygens (including phenoxy) is 3. The van der Waals surface area contributed by atoms with Gasteiger partial charge in [0.15, 0.2) is 11.5 Å². The van der Waals surface area contributed by atoms with E-state index < -0.39 is 0 Å². The Morgan fingerprint density at radius 1 is 1.20 bits per heavy atom. The molecule has 0 bridgehead atoms. The van der Waals surface area contributed by atoms with Crippen molar-refractivity contribution in [2.45, 2.75) is 19.4 Å². The highest BCUT2D eigenvalue weighted by Crippen LogP contribution is 2.38. The zero-order valence-corrected chi connectivity index (χ0v) is 14.8. The first-order valence-electron chi connectivity index (χ1n) is 8.11. The minimum Gasteiger partial charge on any atom is -0.489 e. The molecular weight excluding hydrogens is 342 g/mol. The predicted octanol–water partition coefficient (Wildman–Crippen LogP) is 3.83. The molecule has 0 saturated carbocycles. The summed E-state index contributed by atoms with van der Waals surface area (Å²) in [5, 5.41) is 3.35. The monoisotopic (exact) mass is 361 g/mol. The fourth-order valence-corrected chi connectivity index (χ4v) is 2.97. The maximum Gasteiger partial charge on any atom is 0.228 e. The van der Waals surface area contributed by atoms with Gasteiger partial charge in [0.05, 0.1) is 31.3 Å². The van der Waals surface area contributed by atoms with E-state index in [9.17, 15) is 4.79 Å². The van der Waals surface area contributed by atoms with Crippen LogP contribution in [0.2, 0.25) is 5.02 Å². The minimum absolute atomic E-state index is 0.125. The fraction of sp³-hybridized carbons (Fsp3) is 0.316. The van der Waals surface area contributed by atoms with Crippen LogP contribution in [-0.4, -0.2) is 26.2 Å². The summed E-state index contributed by atoms with van der Waals surface area (Å²) in [5.41, 5.74) is 2.51. The Morgan fingerprint density at radius 3 is 2.88 bits per heavy atom. The van der Waals surface area contributed by atoms with Gasteiger partial charge in [0, 0.05) is 19.2 Å². The molecule has 0 radical (unpaired) electrons. The number of amides is 1. The molecule has 0 fully saturated rings. The predicted molar refractivity (Wildman–Crippen MR) is 96.5 cm³/mol. The molecule has 2 aromatic carbocycles. The molecule has 2 aromatic rings. The normalized spacial score (nSPS) is 13.2. The number of carbonyl (C=O) groups is 1. The van der Waals surface area contributed by atoms with Crippen LogP contribution in [0.1, 0.15) is 17.5 Å². The van der Waals surface area contributed by atoms with Crippen molar-refractivity contribution < 1.29 is 19.0 Å². The van der Waals surface area contributed by atoms with Crippen molar-refractivity contribution in [2.75, 3.05) is 25.6 Å². The van der Waals surface area contributed by atoms with E-state index in [1.807, 2.05) is 30.3 Å². The molecule has 1 N–H and O–H groups in total. The molecular formula is C19H20ClNO4. The Labute approximate surface area is 151 Å². The summed E-state index contributed by atoms with van der Waals surface area (Å²) in [6, 6.07) is 11.1. The number of benzene rings is 2. The third-order valence-electron chi connectivity index (χ3n) is 3.75. The molecule has 1 amide bonds. The molecule has 1 aliphatic heterocycles. The zero-order valence-electron chi connectivity index (χ0n) is 14.0. The van der Waals surface area contributed by atoms with E-state index in [-0.39, 0.29) is 12.3 Å². The van der Waals surface area contributed by atoms with Crippen molar-refractivity contribution in [3.8, 4) is 11.5 Å². The molecule has 0 unspecified atom stereocenters. The SMILES string of the molecule is COCc1cccc(NC(=O)Cc2cc(Cl)c3c(c2)OCCCO3)c1. The van der Waals surface area contributed by atoms with Gasteiger partial charge >= 0.3 is 0 Å². The summed E-state index contributed by atoms with van der Waals surface area (Å²) in [5.74, 6) is 1.02. The van der Waals surface area contributed by atoms with Crippen LogP contribution >= 0.6 is 11.6 Å². The van der Waals surface area contributed by atoms with Crippen molar-refractivity contribution in [3.05, 3.63) is 52.5 Å². The lowest BCUT2D eigenvalue weighted by Crippen LogP contribution is -2.14. The van der Waals surface area contributed by atoms with Crippen LogP contribution in [0.5, 0.6) is 11.5 Å². The Morgan fingerprint density at radius 2 is 2.04 bits per heavy atom. The number of methoxy groups -OCH3 is 1. The van der Waals surface area contributed by atoms with Gasteiger partial charge in [0.25, 0.3) is 0 Å². The molecule has 0 spiro atoms. The molecule has 1 aliphatic rings. The number of hydrogen-bond donors (Lipinski definition) is 1. The van der Waals surface area contributed by atoms with E-state index in [2.05, 4.69) is 5.32 Å². The Kier molecular flexibility index (Phi) is 5.79.